The molecule has 10 nitrogen and oxygen atoms in total. The van der Waals surface area contributed by atoms with Crippen molar-refractivity contribution in [3.63, 3.8) is 0 Å². The average Bonchev–Trinajstić information content (AvgIpc) is 2.78. The lowest BCUT2D eigenvalue weighted by atomic mass is 10.1. The van der Waals surface area contributed by atoms with Gasteiger partial charge >= 0.3 is 5.63 Å². The van der Waals surface area contributed by atoms with Crippen molar-refractivity contribution in [2.45, 2.75) is 6.92 Å². The fourth-order valence-electron chi connectivity index (χ4n) is 3.23. The number of amides is 2. The van der Waals surface area contributed by atoms with E-state index in [2.05, 4.69) is 16.0 Å². The summed E-state index contributed by atoms with van der Waals surface area (Å²) in [4.78, 5) is 48.3. The van der Waals surface area contributed by atoms with Crippen molar-refractivity contribution in [1.29, 1.82) is 0 Å². The van der Waals surface area contributed by atoms with Gasteiger partial charge in [0.15, 0.2) is 12.3 Å². The monoisotopic (exact) mass is 434 g/mol. The van der Waals surface area contributed by atoms with E-state index in [0.29, 0.717) is 22.1 Å². The van der Waals surface area contributed by atoms with Crippen molar-refractivity contribution in [1.82, 2.24) is 20.6 Å². The number of carbonyl (C=O) groups excluding carboxylic acids is 2. The van der Waals surface area contributed by atoms with Crippen LogP contribution in [0.5, 0.6) is 5.75 Å². The molecule has 0 saturated heterocycles. The molecule has 4 rings (SSSR count). The second-order valence-electron chi connectivity index (χ2n) is 7.02. The first-order valence-electron chi connectivity index (χ1n) is 9.56. The lowest BCUT2D eigenvalue weighted by molar-refractivity contribution is -0.123. The lowest BCUT2D eigenvalue weighted by Crippen LogP contribution is -2.44. The number of nitrogens with one attached hydrogen (secondary N) is 2. The largest absolute Gasteiger partial charge is 0.484 e. The summed E-state index contributed by atoms with van der Waals surface area (Å²) in [5, 5.41) is 5.45. The van der Waals surface area contributed by atoms with Gasteiger partial charge in [-0.05, 0) is 30.7 Å². The molecule has 0 aliphatic rings. The molecule has 0 saturated carbocycles. The predicted octanol–water partition coefficient (Wildman–Crippen LogP) is 1.19. The minimum atomic E-state index is -0.687. The van der Waals surface area contributed by atoms with Gasteiger partial charge in [-0.15, -0.1) is 0 Å². The maximum absolute atomic E-state index is 12.5. The normalized spacial score (nSPS) is 10.8. The van der Waals surface area contributed by atoms with Crippen LogP contribution in [0.4, 0.5) is 0 Å². The summed E-state index contributed by atoms with van der Waals surface area (Å²) in [6.07, 6.45) is 0. The number of fused-ring (bicyclic) bond motifs is 2. The molecule has 4 aromatic rings. The second kappa shape index (κ2) is 8.34. The van der Waals surface area contributed by atoms with Gasteiger partial charge in [0.25, 0.3) is 17.4 Å². The van der Waals surface area contributed by atoms with E-state index in [1.807, 2.05) is 0 Å². The number of ether oxygens (including phenoxy) is 1. The maximum Gasteiger partial charge on any atom is 0.336 e. The van der Waals surface area contributed by atoms with Gasteiger partial charge in [-0.25, -0.2) is 9.48 Å². The average molecular weight is 434 g/mol. The number of aromatic nitrogens is 2. The molecule has 2 aromatic carbocycles. The Bertz CT molecular complexity index is 1490. The molecular weight excluding hydrogens is 416 g/mol. The number of carbonyl (C=O) groups is 2. The minimum Gasteiger partial charge on any atom is -0.484 e. The third-order valence-corrected chi connectivity index (χ3v) is 4.78. The Labute approximate surface area is 180 Å². The van der Waals surface area contributed by atoms with Gasteiger partial charge in [0.2, 0.25) is 0 Å². The van der Waals surface area contributed by atoms with Gasteiger partial charge < -0.3 is 9.15 Å². The van der Waals surface area contributed by atoms with Gasteiger partial charge in [0.05, 0.1) is 5.39 Å². The van der Waals surface area contributed by atoms with Crippen LogP contribution < -0.4 is 26.8 Å². The van der Waals surface area contributed by atoms with Crippen molar-refractivity contribution in [3.05, 3.63) is 80.6 Å². The van der Waals surface area contributed by atoms with Crippen LogP contribution in [0.3, 0.4) is 0 Å². The molecule has 2 N–H and O–H groups in total. The molecule has 2 amide bonds. The third kappa shape index (κ3) is 4.06. The summed E-state index contributed by atoms with van der Waals surface area (Å²) in [7, 11) is 1.44. The van der Waals surface area contributed by atoms with Crippen LogP contribution >= 0.6 is 0 Å². The van der Waals surface area contributed by atoms with E-state index in [1.165, 1.54) is 19.2 Å². The van der Waals surface area contributed by atoms with E-state index in [0.717, 1.165) is 15.6 Å². The van der Waals surface area contributed by atoms with Crippen molar-refractivity contribution in [2.24, 2.45) is 7.05 Å². The molecule has 0 bridgehead atoms. The molecule has 0 unspecified atom stereocenters. The number of rotatable bonds is 4. The molecule has 0 aliphatic carbocycles. The summed E-state index contributed by atoms with van der Waals surface area (Å²) < 4.78 is 11.6. The molecular formula is C22H18N4O6. The zero-order chi connectivity index (χ0) is 22.8. The Morgan fingerprint density at radius 3 is 2.56 bits per heavy atom. The fourth-order valence-corrected chi connectivity index (χ4v) is 3.23. The van der Waals surface area contributed by atoms with Gasteiger partial charge in [0.1, 0.15) is 11.3 Å². The number of hydrogen-bond acceptors (Lipinski definition) is 7. The Hall–Kier alpha value is -4.47. The first kappa shape index (κ1) is 20.8. The van der Waals surface area contributed by atoms with E-state index < -0.39 is 24.0 Å². The standard InChI is InChI=1S/C22H18N4O6/c1-12-9-19(28)32-17-10-13(7-8-14(12)17)31-11-18(27)23-24-21(29)20-15-5-3-4-6-16(15)22(30)26(2)25-20/h3-10H,11H2,1-2H3,(H,23,27)(H,24,29). The van der Waals surface area contributed by atoms with E-state index in [4.69, 9.17) is 9.15 Å². The summed E-state index contributed by atoms with van der Waals surface area (Å²) >= 11 is 0. The van der Waals surface area contributed by atoms with Crippen LogP contribution in [0.25, 0.3) is 21.7 Å². The summed E-state index contributed by atoms with van der Waals surface area (Å²) in [5.41, 5.74) is 4.78. The number of aryl methyl sites for hydroxylation is 2. The molecule has 2 aromatic heterocycles. The van der Waals surface area contributed by atoms with Crippen molar-refractivity contribution >= 4 is 33.6 Å². The minimum absolute atomic E-state index is 0.0103. The van der Waals surface area contributed by atoms with Gasteiger partial charge in [-0.2, -0.15) is 5.10 Å². The topological polar surface area (TPSA) is 133 Å². The predicted molar refractivity (Wildman–Crippen MR) is 115 cm³/mol. The van der Waals surface area contributed by atoms with Crippen LogP contribution in [0.15, 0.2) is 62.5 Å². The molecule has 162 valence electrons. The number of hydrogen-bond donors (Lipinski definition) is 2. The Kier molecular flexibility index (Phi) is 5.42. The summed E-state index contributed by atoms with van der Waals surface area (Å²) in [6.45, 7) is 1.39. The number of nitrogens with zero attached hydrogens (tertiary/aromatic N) is 2. The molecule has 0 aliphatic heterocycles. The molecule has 0 spiro atoms. The lowest BCUT2D eigenvalue weighted by Gasteiger charge is -2.11. The van der Waals surface area contributed by atoms with Crippen LogP contribution in [-0.4, -0.2) is 28.2 Å². The zero-order valence-corrected chi connectivity index (χ0v) is 17.2. The van der Waals surface area contributed by atoms with E-state index >= 15 is 0 Å². The molecule has 0 fully saturated rings. The van der Waals surface area contributed by atoms with Crippen LogP contribution in [-0.2, 0) is 11.8 Å². The van der Waals surface area contributed by atoms with Crippen molar-refractivity contribution < 1.29 is 18.7 Å². The SMILES string of the molecule is Cc1cc(=O)oc2cc(OCC(=O)NNC(=O)c3nn(C)c(=O)c4ccccc34)ccc12. The van der Waals surface area contributed by atoms with E-state index in [9.17, 15) is 19.2 Å². The smallest absolute Gasteiger partial charge is 0.336 e. The van der Waals surface area contributed by atoms with Gasteiger partial charge in [-0.1, -0.05) is 18.2 Å². The van der Waals surface area contributed by atoms with Crippen molar-refractivity contribution in [2.75, 3.05) is 6.61 Å². The zero-order valence-electron chi connectivity index (χ0n) is 17.2. The maximum atomic E-state index is 12.5. The van der Waals surface area contributed by atoms with Gasteiger partial charge in [0, 0.05) is 30.0 Å². The molecule has 10 heteroatoms. The third-order valence-electron chi connectivity index (χ3n) is 4.78. The highest BCUT2D eigenvalue weighted by Gasteiger charge is 2.16. The van der Waals surface area contributed by atoms with Gasteiger partial charge in [-0.3, -0.25) is 25.2 Å². The molecule has 0 radical (unpaired) electrons. The van der Waals surface area contributed by atoms with E-state index in [1.54, 1.807) is 43.3 Å². The molecule has 2 heterocycles. The Morgan fingerprint density at radius 2 is 1.78 bits per heavy atom. The van der Waals surface area contributed by atoms with Crippen molar-refractivity contribution in [3.8, 4) is 5.75 Å². The highest BCUT2D eigenvalue weighted by molar-refractivity contribution is 6.05. The quantitative estimate of drug-likeness (QED) is 0.364. The second-order valence-corrected chi connectivity index (χ2v) is 7.02. The van der Waals surface area contributed by atoms with Crippen LogP contribution in [0.1, 0.15) is 16.1 Å². The first-order valence-corrected chi connectivity index (χ1v) is 9.56. The summed E-state index contributed by atoms with van der Waals surface area (Å²) in [5.74, 6) is -0.996. The Morgan fingerprint density at radius 1 is 1.03 bits per heavy atom. The summed E-state index contributed by atoms with van der Waals surface area (Å²) in [6, 6.07) is 12.8. The molecule has 32 heavy (non-hydrogen) atoms. The number of benzene rings is 2. The highest BCUT2D eigenvalue weighted by Crippen LogP contribution is 2.22. The van der Waals surface area contributed by atoms with E-state index in [-0.39, 0.29) is 11.3 Å². The number of hydrazine groups is 1. The first-order chi connectivity index (χ1) is 15.3. The highest BCUT2D eigenvalue weighted by atomic mass is 16.5. The fraction of sp³-hybridized carbons (Fsp3) is 0.136. The Balaban J connectivity index is 1.42. The molecule has 0 atom stereocenters. The van der Waals surface area contributed by atoms with Crippen LogP contribution in [0, 0.1) is 6.92 Å². The van der Waals surface area contributed by atoms with Crippen LogP contribution in [0.2, 0.25) is 0 Å².